The Morgan fingerprint density at radius 3 is 2.42 bits per heavy atom. The Morgan fingerprint density at radius 2 is 1.77 bits per heavy atom. The van der Waals surface area contributed by atoms with Crippen molar-refractivity contribution in [1.82, 2.24) is 4.98 Å². The molecule has 0 saturated carbocycles. The first-order valence-corrected chi connectivity index (χ1v) is 11.2. The number of aromatic nitrogens is 1. The average Bonchev–Trinajstić information content (AvgIpc) is 3.38. The van der Waals surface area contributed by atoms with Crippen LogP contribution in [0.2, 0.25) is 0 Å². The van der Waals surface area contributed by atoms with Crippen LogP contribution in [-0.4, -0.2) is 16.6 Å². The zero-order valence-electron chi connectivity index (χ0n) is 16.4. The predicted molar refractivity (Wildman–Crippen MR) is 123 cm³/mol. The molecule has 0 unspecified atom stereocenters. The minimum absolute atomic E-state index is 0.283. The number of hydrogen-bond acceptors (Lipinski definition) is 6. The minimum Gasteiger partial charge on any atom is -0.272 e. The summed E-state index contributed by atoms with van der Waals surface area (Å²) in [4.78, 5) is 18.0. The van der Waals surface area contributed by atoms with E-state index in [0.29, 0.717) is 10.8 Å². The summed E-state index contributed by atoms with van der Waals surface area (Å²) in [5.41, 5.74) is 3.02. The van der Waals surface area contributed by atoms with Crippen LogP contribution >= 0.6 is 27.3 Å². The molecule has 8 heteroatoms. The number of thiazole rings is 1. The molecule has 1 aliphatic heterocycles. The Morgan fingerprint density at radius 1 is 1.10 bits per heavy atom. The fourth-order valence-electron chi connectivity index (χ4n) is 3.69. The van der Waals surface area contributed by atoms with Crippen LogP contribution in [0.5, 0.6) is 0 Å². The second kappa shape index (κ2) is 8.81. The lowest BCUT2D eigenvalue weighted by molar-refractivity contribution is -0.120. The molecule has 0 spiro atoms. The first-order chi connectivity index (χ1) is 15.0. The minimum atomic E-state index is -0.989. The molecular formula is C23H16BrN5OS. The number of hydrogen-bond donors (Lipinski definition) is 0. The number of amides is 1. The average molecular weight is 490 g/mol. The van der Waals surface area contributed by atoms with Crippen LogP contribution in [0.15, 0.2) is 69.6 Å². The van der Waals surface area contributed by atoms with E-state index in [1.807, 2.05) is 60.0 Å². The van der Waals surface area contributed by atoms with Crippen LogP contribution in [-0.2, 0) is 4.79 Å². The van der Waals surface area contributed by atoms with Crippen molar-refractivity contribution in [2.75, 3.05) is 5.01 Å². The van der Waals surface area contributed by atoms with Gasteiger partial charge in [0, 0.05) is 27.0 Å². The van der Waals surface area contributed by atoms with Gasteiger partial charge >= 0.3 is 0 Å². The molecule has 2 atom stereocenters. The summed E-state index contributed by atoms with van der Waals surface area (Å²) in [7, 11) is 0. The monoisotopic (exact) mass is 489 g/mol. The molecule has 0 fully saturated rings. The lowest BCUT2D eigenvalue weighted by atomic mass is 9.76. The number of nitrogens with zero attached hydrogens (tertiary/aromatic N) is 5. The Labute approximate surface area is 192 Å². The predicted octanol–water partition coefficient (Wildman–Crippen LogP) is 5.36. The quantitative estimate of drug-likeness (QED) is 0.482. The molecule has 2 heterocycles. The Bertz CT molecular complexity index is 1210. The maximum absolute atomic E-state index is 13.4. The van der Waals surface area contributed by atoms with E-state index >= 15 is 0 Å². The maximum Gasteiger partial charge on any atom is 0.259 e. The van der Waals surface area contributed by atoms with Crippen LogP contribution < -0.4 is 5.01 Å². The summed E-state index contributed by atoms with van der Waals surface area (Å²) in [6.45, 7) is 1.76. The second-order valence-electron chi connectivity index (χ2n) is 7.06. The third kappa shape index (κ3) is 4.00. The zero-order chi connectivity index (χ0) is 22.0. The van der Waals surface area contributed by atoms with Crippen molar-refractivity contribution in [3.63, 3.8) is 0 Å². The van der Waals surface area contributed by atoms with Crippen LogP contribution in [0.25, 0.3) is 11.3 Å². The van der Waals surface area contributed by atoms with Crippen molar-refractivity contribution in [3.8, 4) is 23.4 Å². The lowest BCUT2D eigenvalue weighted by Gasteiger charge is -2.24. The van der Waals surface area contributed by atoms with Gasteiger partial charge in [-0.25, -0.2) is 4.98 Å². The van der Waals surface area contributed by atoms with E-state index in [1.165, 1.54) is 16.3 Å². The summed E-state index contributed by atoms with van der Waals surface area (Å²) in [6, 6.07) is 21.1. The highest BCUT2D eigenvalue weighted by atomic mass is 79.9. The summed E-state index contributed by atoms with van der Waals surface area (Å²) in [6.07, 6.45) is 0. The van der Waals surface area contributed by atoms with E-state index in [1.54, 1.807) is 6.92 Å². The van der Waals surface area contributed by atoms with Gasteiger partial charge in [-0.1, -0.05) is 58.4 Å². The van der Waals surface area contributed by atoms with Crippen molar-refractivity contribution in [2.24, 2.45) is 16.9 Å². The molecule has 0 aliphatic carbocycles. The normalized spacial score (nSPS) is 16.7. The molecule has 3 aromatic rings. The first-order valence-electron chi connectivity index (χ1n) is 9.48. The molecule has 1 aliphatic rings. The molecular weight excluding hydrogens is 474 g/mol. The number of rotatable bonds is 5. The van der Waals surface area contributed by atoms with Gasteiger partial charge in [0.25, 0.3) is 5.91 Å². The first kappa shape index (κ1) is 20.9. The number of carbonyl (C=O) groups excluding carboxylic acids is 1. The van der Waals surface area contributed by atoms with Gasteiger partial charge in [-0.15, -0.1) is 11.3 Å². The van der Waals surface area contributed by atoms with Gasteiger partial charge in [-0.3, -0.25) is 4.79 Å². The van der Waals surface area contributed by atoms with E-state index in [2.05, 4.69) is 38.2 Å². The van der Waals surface area contributed by atoms with Crippen molar-refractivity contribution < 1.29 is 4.79 Å². The molecule has 152 valence electrons. The van der Waals surface area contributed by atoms with Crippen molar-refractivity contribution in [2.45, 2.75) is 12.8 Å². The molecule has 4 rings (SSSR count). The van der Waals surface area contributed by atoms with E-state index in [4.69, 9.17) is 0 Å². The third-order valence-corrected chi connectivity index (χ3v) is 6.52. The summed E-state index contributed by atoms with van der Waals surface area (Å²) in [5.74, 6) is -2.61. The highest BCUT2D eigenvalue weighted by Gasteiger charge is 2.45. The molecule has 2 aromatic carbocycles. The number of benzene rings is 2. The van der Waals surface area contributed by atoms with Gasteiger partial charge in [0.15, 0.2) is 0 Å². The highest BCUT2D eigenvalue weighted by molar-refractivity contribution is 9.10. The molecule has 0 N–H and O–H groups in total. The Hall–Kier alpha value is -3.33. The number of carbonyl (C=O) groups is 1. The van der Waals surface area contributed by atoms with Crippen molar-refractivity contribution in [1.29, 1.82) is 10.5 Å². The van der Waals surface area contributed by atoms with Crippen LogP contribution in [0.4, 0.5) is 5.13 Å². The van der Waals surface area contributed by atoms with Gasteiger partial charge in [0.05, 0.1) is 23.8 Å². The number of hydrazone groups is 1. The molecule has 1 aromatic heterocycles. The Kier molecular flexibility index (Phi) is 5.94. The third-order valence-electron chi connectivity index (χ3n) is 5.18. The number of halogens is 1. The second-order valence-corrected chi connectivity index (χ2v) is 8.82. The van der Waals surface area contributed by atoms with E-state index in [9.17, 15) is 15.3 Å². The SMILES string of the molecule is CC1=NN(c2nc(-c3ccccc3)cs2)C(=O)[C@H]1[C@@H](c1ccc(Br)cc1)C(C#N)C#N. The van der Waals surface area contributed by atoms with Crippen molar-refractivity contribution in [3.05, 3.63) is 70.0 Å². The van der Waals surface area contributed by atoms with Gasteiger partial charge in [0.1, 0.15) is 5.92 Å². The lowest BCUT2D eigenvalue weighted by Crippen LogP contribution is -2.34. The van der Waals surface area contributed by atoms with Crippen LogP contribution in [0.1, 0.15) is 18.4 Å². The van der Waals surface area contributed by atoms with E-state index < -0.39 is 17.8 Å². The van der Waals surface area contributed by atoms with Crippen LogP contribution in [0.3, 0.4) is 0 Å². The fourth-order valence-corrected chi connectivity index (χ4v) is 4.74. The van der Waals surface area contributed by atoms with Crippen molar-refractivity contribution >= 4 is 44.0 Å². The maximum atomic E-state index is 13.4. The molecule has 6 nitrogen and oxygen atoms in total. The fraction of sp³-hybridized carbons (Fsp3) is 0.174. The largest absolute Gasteiger partial charge is 0.272 e. The Balaban J connectivity index is 1.69. The molecule has 1 amide bonds. The zero-order valence-corrected chi connectivity index (χ0v) is 18.8. The van der Waals surface area contributed by atoms with E-state index in [0.717, 1.165) is 21.3 Å². The van der Waals surface area contributed by atoms with Gasteiger partial charge < -0.3 is 0 Å². The molecule has 31 heavy (non-hydrogen) atoms. The van der Waals surface area contributed by atoms with Gasteiger partial charge in [-0.2, -0.15) is 20.6 Å². The summed E-state index contributed by atoms with van der Waals surface area (Å²) in [5, 5.41) is 27.3. The molecule has 0 bridgehead atoms. The van der Waals surface area contributed by atoms with Gasteiger partial charge in [-0.05, 0) is 24.6 Å². The van der Waals surface area contributed by atoms with Gasteiger partial charge in [0.2, 0.25) is 5.13 Å². The number of nitriles is 2. The smallest absolute Gasteiger partial charge is 0.259 e. The van der Waals surface area contributed by atoms with E-state index in [-0.39, 0.29) is 5.91 Å². The topological polar surface area (TPSA) is 93.1 Å². The summed E-state index contributed by atoms with van der Waals surface area (Å²) >= 11 is 4.73. The summed E-state index contributed by atoms with van der Waals surface area (Å²) < 4.78 is 0.876. The number of anilines is 1. The standard InChI is InChI=1S/C23H16BrN5OS/c1-14-20(21(17(11-25)12-26)16-7-9-18(24)10-8-16)22(30)29(28-14)23-27-19(13-31-23)15-5-3-2-4-6-15/h2-10,13,17,20-21H,1H3/t20-,21+/m1/s1. The molecule has 0 saturated heterocycles. The highest BCUT2D eigenvalue weighted by Crippen LogP contribution is 2.40. The van der Waals surface area contributed by atoms with Crippen LogP contribution in [0, 0.1) is 34.5 Å². The molecule has 0 radical (unpaired) electrons.